The molecule has 1 rings (SSSR count). The van der Waals surface area contributed by atoms with Gasteiger partial charge >= 0.3 is 5.97 Å². The van der Waals surface area contributed by atoms with Crippen LogP contribution < -0.4 is 15.8 Å². The Morgan fingerprint density at radius 3 is 2.68 bits per heavy atom. The van der Waals surface area contributed by atoms with Gasteiger partial charge in [-0.2, -0.15) is 0 Å². The second-order valence-corrected chi connectivity index (χ2v) is 3.80. The first kappa shape index (κ1) is 14.8. The van der Waals surface area contributed by atoms with E-state index in [2.05, 4.69) is 10.1 Å². The van der Waals surface area contributed by atoms with Gasteiger partial charge in [-0.3, -0.25) is 4.79 Å². The Labute approximate surface area is 111 Å². The molecule has 1 amide bonds. The molecule has 0 aromatic heterocycles. The zero-order chi connectivity index (χ0) is 14.3. The smallest absolute Gasteiger partial charge is 0.337 e. The summed E-state index contributed by atoms with van der Waals surface area (Å²) in [7, 11) is 1.30. The number of benzene rings is 1. The van der Waals surface area contributed by atoms with Gasteiger partial charge in [0, 0.05) is 6.54 Å². The number of nitrogens with one attached hydrogen (secondary N) is 1. The van der Waals surface area contributed by atoms with E-state index in [0.29, 0.717) is 23.5 Å². The number of esters is 1. The number of hydrogen-bond donors (Lipinski definition) is 2. The zero-order valence-electron chi connectivity index (χ0n) is 11.1. The highest BCUT2D eigenvalue weighted by Gasteiger charge is 2.09. The lowest BCUT2D eigenvalue weighted by molar-refractivity contribution is -0.121. The molecule has 6 nitrogen and oxygen atoms in total. The van der Waals surface area contributed by atoms with Gasteiger partial charge in [-0.15, -0.1) is 0 Å². The van der Waals surface area contributed by atoms with Crippen molar-refractivity contribution in [1.29, 1.82) is 0 Å². The molecule has 0 fully saturated rings. The number of nitrogens with two attached hydrogens (primary N) is 1. The molecule has 0 saturated carbocycles. The van der Waals surface area contributed by atoms with E-state index >= 15 is 0 Å². The number of carbonyl (C=O) groups is 2. The maximum absolute atomic E-state index is 11.3. The van der Waals surface area contributed by atoms with Crippen LogP contribution in [-0.4, -0.2) is 32.1 Å². The van der Waals surface area contributed by atoms with Gasteiger partial charge in [-0.25, -0.2) is 4.79 Å². The molecule has 0 radical (unpaired) electrons. The van der Waals surface area contributed by atoms with Crippen LogP contribution in [0.2, 0.25) is 0 Å². The highest BCUT2D eigenvalue weighted by atomic mass is 16.5. The average Bonchev–Trinajstić information content (AvgIpc) is 2.40. The van der Waals surface area contributed by atoms with E-state index in [1.54, 1.807) is 12.1 Å². The number of anilines is 1. The van der Waals surface area contributed by atoms with Crippen LogP contribution in [0.15, 0.2) is 18.2 Å². The molecule has 1 aromatic carbocycles. The molecule has 0 bridgehead atoms. The molecule has 104 valence electrons. The second kappa shape index (κ2) is 7.25. The van der Waals surface area contributed by atoms with E-state index in [4.69, 9.17) is 10.5 Å². The van der Waals surface area contributed by atoms with Crippen LogP contribution in [0.25, 0.3) is 0 Å². The van der Waals surface area contributed by atoms with Crippen LogP contribution in [0.5, 0.6) is 5.75 Å². The molecule has 0 saturated heterocycles. The molecule has 0 heterocycles. The average molecular weight is 266 g/mol. The minimum Gasteiger partial charge on any atom is -0.491 e. The number of ether oxygens (including phenoxy) is 2. The quantitative estimate of drug-likeness (QED) is 0.591. The Kier molecular flexibility index (Phi) is 5.66. The molecule has 0 atom stereocenters. The fourth-order valence-corrected chi connectivity index (χ4v) is 1.46. The van der Waals surface area contributed by atoms with E-state index in [1.807, 2.05) is 6.92 Å². The third-order valence-electron chi connectivity index (χ3n) is 2.39. The van der Waals surface area contributed by atoms with E-state index < -0.39 is 5.97 Å². The first-order valence-corrected chi connectivity index (χ1v) is 5.95. The van der Waals surface area contributed by atoms with Gasteiger partial charge in [0.1, 0.15) is 5.75 Å². The molecule has 6 heteroatoms. The standard InChI is InChI=1S/C13H18N2O4/c1-3-15-12(16)6-7-19-11-5-4-9(8-10(11)14)13(17)18-2/h4-5,8H,3,6-7,14H2,1-2H3,(H,15,16). The molecular weight excluding hydrogens is 248 g/mol. The number of amides is 1. The molecular formula is C13H18N2O4. The molecule has 19 heavy (non-hydrogen) atoms. The Morgan fingerprint density at radius 1 is 1.37 bits per heavy atom. The maximum atomic E-state index is 11.3. The first-order chi connectivity index (χ1) is 9.08. The Bertz CT molecular complexity index is 460. The minimum atomic E-state index is -0.458. The lowest BCUT2D eigenvalue weighted by Crippen LogP contribution is -2.24. The Morgan fingerprint density at radius 2 is 2.11 bits per heavy atom. The number of nitrogen functional groups attached to an aromatic ring is 1. The zero-order valence-corrected chi connectivity index (χ0v) is 11.1. The van der Waals surface area contributed by atoms with Crippen LogP contribution >= 0.6 is 0 Å². The van der Waals surface area contributed by atoms with Gasteiger partial charge in [0.15, 0.2) is 0 Å². The first-order valence-electron chi connectivity index (χ1n) is 5.95. The molecule has 0 spiro atoms. The predicted molar refractivity (Wildman–Crippen MR) is 71.0 cm³/mol. The summed E-state index contributed by atoms with van der Waals surface area (Å²) in [5, 5.41) is 2.67. The van der Waals surface area contributed by atoms with E-state index in [1.165, 1.54) is 13.2 Å². The third kappa shape index (κ3) is 4.50. The second-order valence-electron chi connectivity index (χ2n) is 3.80. The normalized spacial score (nSPS) is 9.79. The topological polar surface area (TPSA) is 90.6 Å². The van der Waals surface area contributed by atoms with E-state index in [9.17, 15) is 9.59 Å². The van der Waals surface area contributed by atoms with Crippen molar-refractivity contribution in [2.24, 2.45) is 0 Å². The number of hydrogen-bond acceptors (Lipinski definition) is 5. The summed E-state index contributed by atoms with van der Waals surface area (Å²) in [6, 6.07) is 4.62. The Balaban J connectivity index is 2.56. The van der Waals surface area contributed by atoms with Crippen molar-refractivity contribution in [2.75, 3.05) is 26.0 Å². The van der Waals surface area contributed by atoms with Crippen LogP contribution in [0.4, 0.5) is 5.69 Å². The van der Waals surface area contributed by atoms with Crippen molar-refractivity contribution >= 4 is 17.6 Å². The Hall–Kier alpha value is -2.24. The summed E-state index contributed by atoms with van der Waals surface area (Å²) >= 11 is 0. The van der Waals surface area contributed by atoms with E-state index in [-0.39, 0.29) is 18.9 Å². The highest BCUT2D eigenvalue weighted by molar-refractivity contribution is 5.90. The molecule has 0 aliphatic rings. The van der Waals surface area contributed by atoms with Crippen molar-refractivity contribution in [3.05, 3.63) is 23.8 Å². The van der Waals surface area contributed by atoms with Crippen LogP contribution in [0, 0.1) is 0 Å². The van der Waals surface area contributed by atoms with Gasteiger partial charge in [-0.05, 0) is 25.1 Å². The largest absolute Gasteiger partial charge is 0.491 e. The van der Waals surface area contributed by atoms with Crippen molar-refractivity contribution in [3.8, 4) is 5.75 Å². The fraction of sp³-hybridized carbons (Fsp3) is 0.385. The predicted octanol–water partition coefficient (Wildman–Crippen LogP) is 0.960. The van der Waals surface area contributed by atoms with Crippen LogP contribution in [0.3, 0.4) is 0 Å². The van der Waals surface area contributed by atoms with Crippen LogP contribution in [-0.2, 0) is 9.53 Å². The maximum Gasteiger partial charge on any atom is 0.337 e. The van der Waals surface area contributed by atoms with Crippen molar-refractivity contribution < 1.29 is 19.1 Å². The summed E-state index contributed by atoms with van der Waals surface area (Å²) in [5.41, 5.74) is 6.45. The molecule has 3 N–H and O–H groups in total. The minimum absolute atomic E-state index is 0.0766. The summed E-state index contributed by atoms with van der Waals surface area (Å²) in [6.07, 6.45) is 0.256. The number of methoxy groups -OCH3 is 1. The molecule has 0 aliphatic heterocycles. The van der Waals surface area contributed by atoms with Gasteiger partial charge < -0.3 is 20.5 Å². The van der Waals surface area contributed by atoms with Gasteiger partial charge in [0.25, 0.3) is 0 Å². The monoisotopic (exact) mass is 266 g/mol. The molecule has 1 aromatic rings. The van der Waals surface area contributed by atoms with Gasteiger partial charge in [-0.1, -0.05) is 0 Å². The van der Waals surface area contributed by atoms with Gasteiger partial charge in [0.2, 0.25) is 5.91 Å². The van der Waals surface area contributed by atoms with Crippen molar-refractivity contribution in [1.82, 2.24) is 5.32 Å². The molecule has 0 unspecified atom stereocenters. The van der Waals surface area contributed by atoms with E-state index in [0.717, 1.165) is 0 Å². The summed E-state index contributed by atoms with van der Waals surface area (Å²) in [4.78, 5) is 22.5. The number of carbonyl (C=O) groups excluding carboxylic acids is 2. The van der Waals surface area contributed by atoms with Crippen LogP contribution in [0.1, 0.15) is 23.7 Å². The summed E-state index contributed by atoms with van der Waals surface area (Å²) < 4.78 is 9.97. The number of rotatable bonds is 6. The highest BCUT2D eigenvalue weighted by Crippen LogP contribution is 2.23. The summed E-state index contributed by atoms with van der Waals surface area (Å²) in [6.45, 7) is 2.67. The van der Waals surface area contributed by atoms with Crippen molar-refractivity contribution in [3.63, 3.8) is 0 Å². The SMILES string of the molecule is CCNC(=O)CCOc1ccc(C(=O)OC)cc1N. The summed E-state index contributed by atoms with van der Waals surface area (Å²) in [5.74, 6) is -0.0928. The van der Waals surface area contributed by atoms with Crippen molar-refractivity contribution in [2.45, 2.75) is 13.3 Å². The molecule has 0 aliphatic carbocycles. The lowest BCUT2D eigenvalue weighted by atomic mass is 10.2. The lowest BCUT2D eigenvalue weighted by Gasteiger charge is -2.09. The third-order valence-corrected chi connectivity index (χ3v) is 2.39. The van der Waals surface area contributed by atoms with Gasteiger partial charge in [0.05, 0.1) is 31.4 Å². The fourth-order valence-electron chi connectivity index (χ4n) is 1.46.